The first-order valence-electron chi connectivity index (χ1n) is 14.5. The minimum atomic E-state index is -3.10. The summed E-state index contributed by atoms with van der Waals surface area (Å²) >= 11 is 1.43. The summed E-state index contributed by atoms with van der Waals surface area (Å²) in [5.74, 6) is 0.0476. The van der Waals surface area contributed by atoms with E-state index in [4.69, 9.17) is 27.2 Å². The smallest absolute Gasteiger partial charge is 0.276 e. The zero-order valence-corrected chi connectivity index (χ0v) is 21.2. The molecular weight excluding hydrogens is 492 g/mol. The van der Waals surface area contributed by atoms with Gasteiger partial charge in [0.1, 0.15) is 24.2 Å². The molecule has 37 heavy (non-hydrogen) atoms. The molecule has 6 rings (SSSR count). The number of nitrogens with zero attached hydrogens (tertiary/aromatic N) is 4. The molecule has 2 aliphatic rings. The Morgan fingerprint density at radius 2 is 2.24 bits per heavy atom. The number of benzene rings is 1. The van der Waals surface area contributed by atoms with E-state index in [0.29, 0.717) is 38.9 Å². The van der Waals surface area contributed by atoms with Gasteiger partial charge in [-0.25, -0.2) is 4.68 Å². The minimum Gasteiger partial charge on any atom is -0.496 e. The first-order chi connectivity index (χ1) is 20.2. The molecule has 0 aliphatic carbocycles. The van der Waals surface area contributed by atoms with Gasteiger partial charge in [0, 0.05) is 71.3 Å². The molecule has 1 saturated heterocycles. The Labute approximate surface area is 227 Å². The van der Waals surface area contributed by atoms with Crippen LogP contribution in [0.15, 0.2) is 47.4 Å². The third-order valence-corrected chi connectivity index (χ3v) is 7.61. The van der Waals surface area contributed by atoms with Crippen LogP contribution in [0.4, 0.5) is 0 Å². The van der Waals surface area contributed by atoms with E-state index in [0.717, 1.165) is 11.1 Å². The molecule has 0 radical (unpaired) electrons. The van der Waals surface area contributed by atoms with Crippen LogP contribution in [0.25, 0.3) is 28.1 Å². The summed E-state index contributed by atoms with van der Waals surface area (Å²) in [6.45, 7) is -2.18. The van der Waals surface area contributed by atoms with Gasteiger partial charge in [0.2, 0.25) is 0 Å². The Kier molecular flexibility index (Phi) is 4.21. The quantitative estimate of drug-likeness (QED) is 0.348. The van der Waals surface area contributed by atoms with Gasteiger partial charge in [-0.3, -0.25) is 4.79 Å². The van der Waals surface area contributed by atoms with E-state index in [2.05, 4.69) is 5.10 Å². The highest BCUT2D eigenvalue weighted by Gasteiger charge is 2.52. The van der Waals surface area contributed by atoms with Crippen LogP contribution in [0, 0.1) is 0 Å². The number of thiophene rings is 1. The maximum atomic E-state index is 14.3. The number of methoxy groups -OCH3 is 2. The highest BCUT2D eigenvalue weighted by Crippen LogP contribution is 2.46. The summed E-state index contributed by atoms with van der Waals surface area (Å²) in [7, 11) is 0.472. The number of carbonyl (C=O) groups is 1. The van der Waals surface area contributed by atoms with Crippen LogP contribution >= 0.6 is 11.3 Å². The van der Waals surface area contributed by atoms with Crippen molar-refractivity contribution in [1.82, 2.24) is 19.2 Å². The zero-order valence-electron chi connectivity index (χ0n) is 26.3. The first-order valence-corrected chi connectivity index (χ1v) is 12.5. The molecule has 5 heterocycles. The molecule has 1 amide bonds. The average molecular weight is 527 g/mol. The molecule has 0 spiro atoms. The fourth-order valence-corrected chi connectivity index (χ4v) is 5.36. The van der Waals surface area contributed by atoms with Gasteiger partial charge in [0.25, 0.3) is 5.91 Å². The largest absolute Gasteiger partial charge is 0.496 e. The van der Waals surface area contributed by atoms with E-state index in [1.807, 2.05) is 53.0 Å². The van der Waals surface area contributed by atoms with Crippen LogP contribution in [0.2, 0.25) is 0 Å². The second-order valence-corrected chi connectivity index (χ2v) is 9.79. The summed E-state index contributed by atoms with van der Waals surface area (Å²) in [4.78, 5) is 14.8. The molecule has 10 heteroatoms. The number of hydrogen-bond acceptors (Lipinski definition) is 7. The molecule has 4 aromatic rings. The Balaban J connectivity index is 1.56. The van der Waals surface area contributed by atoms with E-state index in [1.54, 1.807) is 17.9 Å². The van der Waals surface area contributed by atoms with Crippen molar-refractivity contribution < 1.29 is 32.0 Å². The van der Waals surface area contributed by atoms with Crippen LogP contribution < -0.4 is 9.47 Å². The second-order valence-electron chi connectivity index (χ2n) is 9.01. The molecule has 0 bridgehead atoms. The Morgan fingerprint density at radius 1 is 1.35 bits per heavy atom. The van der Waals surface area contributed by atoms with Crippen molar-refractivity contribution in [1.29, 1.82) is 0 Å². The van der Waals surface area contributed by atoms with Crippen molar-refractivity contribution in [2.24, 2.45) is 7.05 Å². The zero-order chi connectivity index (χ0) is 30.9. The van der Waals surface area contributed by atoms with Gasteiger partial charge in [-0.2, -0.15) is 16.4 Å². The van der Waals surface area contributed by atoms with Crippen LogP contribution in [0.1, 0.15) is 31.2 Å². The fourth-order valence-electron chi connectivity index (χ4n) is 4.75. The third kappa shape index (κ3) is 3.51. The predicted octanol–water partition coefficient (Wildman–Crippen LogP) is 4.34. The van der Waals surface area contributed by atoms with E-state index < -0.39 is 38.4 Å². The number of fused-ring (bicyclic) bond motifs is 3. The van der Waals surface area contributed by atoms with Crippen LogP contribution in [-0.2, 0) is 23.1 Å². The number of ether oxygens (including phenoxy) is 4. The van der Waals surface area contributed by atoms with Gasteiger partial charge in [0.05, 0.1) is 29.2 Å². The van der Waals surface area contributed by atoms with E-state index in [1.165, 1.54) is 18.3 Å². The number of amides is 1. The average Bonchev–Trinajstić information content (AvgIpc) is 3.69. The monoisotopic (exact) mass is 526 g/mol. The number of aryl methyl sites for hydroxylation is 1. The molecule has 192 valence electrons. The maximum Gasteiger partial charge on any atom is 0.276 e. The van der Waals surface area contributed by atoms with E-state index >= 15 is 0 Å². The second kappa shape index (κ2) is 8.76. The fraction of sp³-hybridized carbons (Fsp3) is 0.333. The van der Waals surface area contributed by atoms with Crippen molar-refractivity contribution in [3.63, 3.8) is 0 Å². The van der Waals surface area contributed by atoms with Crippen molar-refractivity contribution in [3.8, 4) is 39.6 Å². The standard InChI is InChI=1S/C27H28N4O5S/c1-16-27(34-5,15-36-16)30(3)26(32)24-21-13-35-23-11-22(33-4)19(17-6-8-29(2)12-17)10-20(23)25(21)31(28-24)18-7-9-37-14-18/h6-12,14,16H,13,15H2,1-5H3/i3D3,5D3. The lowest BCUT2D eigenvalue weighted by Gasteiger charge is -2.51. The van der Waals surface area contributed by atoms with E-state index in [9.17, 15) is 4.79 Å². The van der Waals surface area contributed by atoms with Crippen LogP contribution in [0.5, 0.6) is 11.5 Å². The third-order valence-electron chi connectivity index (χ3n) is 6.94. The lowest BCUT2D eigenvalue weighted by Crippen LogP contribution is -2.68. The van der Waals surface area contributed by atoms with Gasteiger partial charge in [0.15, 0.2) is 11.4 Å². The SMILES string of the molecule is [2H]C([2H])([2H])OC1(N(C(=O)c2nn(-c3ccsc3)c3c2COc2cc(OC)c(-c4ccn(C)c4)cc2-3)C([2H])([2H])[2H])COC1C. The molecule has 2 aliphatic heterocycles. The van der Waals surface area contributed by atoms with Crippen molar-refractivity contribution in [2.75, 3.05) is 27.7 Å². The lowest BCUT2D eigenvalue weighted by molar-refractivity contribution is -0.293. The van der Waals surface area contributed by atoms with Crippen molar-refractivity contribution in [3.05, 3.63) is 58.7 Å². The predicted molar refractivity (Wildman–Crippen MR) is 139 cm³/mol. The maximum absolute atomic E-state index is 14.3. The van der Waals surface area contributed by atoms with E-state index in [-0.39, 0.29) is 12.3 Å². The van der Waals surface area contributed by atoms with Crippen LogP contribution in [0.3, 0.4) is 0 Å². The molecule has 2 unspecified atom stereocenters. The molecule has 1 fully saturated rings. The number of hydrogen-bond donors (Lipinski definition) is 0. The summed E-state index contributed by atoms with van der Waals surface area (Å²) < 4.78 is 73.9. The Morgan fingerprint density at radius 3 is 2.86 bits per heavy atom. The van der Waals surface area contributed by atoms with Gasteiger partial charge in [-0.1, -0.05) is 0 Å². The number of aromatic nitrogens is 3. The lowest BCUT2D eigenvalue weighted by atomic mass is 9.96. The highest BCUT2D eigenvalue weighted by molar-refractivity contribution is 7.08. The summed E-state index contributed by atoms with van der Waals surface area (Å²) in [5.41, 5.74) is 1.55. The van der Waals surface area contributed by atoms with Gasteiger partial charge >= 0.3 is 0 Å². The molecule has 0 N–H and O–H groups in total. The summed E-state index contributed by atoms with van der Waals surface area (Å²) in [5, 5.41) is 8.34. The normalized spacial score (nSPS) is 23.1. The van der Waals surface area contributed by atoms with Crippen LogP contribution in [-0.4, -0.2) is 64.7 Å². The van der Waals surface area contributed by atoms with Gasteiger partial charge in [-0.15, -0.1) is 0 Å². The molecule has 1 aromatic carbocycles. The van der Waals surface area contributed by atoms with Crippen molar-refractivity contribution in [2.45, 2.75) is 25.4 Å². The number of likely N-dealkylation sites (N-methyl/N-ethyl adjacent to an activating group) is 1. The minimum absolute atomic E-state index is 0.102. The molecular formula is C27H28N4O5S. The first kappa shape index (κ1) is 17.8. The van der Waals surface area contributed by atoms with Gasteiger partial charge < -0.3 is 28.4 Å². The van der Waals surface area contributed by atoms with Gasteiger partial charge in [-0.05, 0) is 30.5 Å². The number of carbonyl (C=O) groups excluding carboxylic acids is 1. The highest BCUT2D eigenvalue weighted by atomic mass is 32.1. The Bertz CT molecular complexity index is 1700. The molecule has 0 saturated carbocycles. The Hall–Kier alpha value is -3.60. The van der Waals surface area contributed by atoms with Crippen molar-refractivity contribution >= 4 is 17.2 Å². The summed E-state index contributed by atoms with van der Waals surface area (Å²) in [6.07, 6.45) is 2.82. The topological polar surface area (TPSA) is 80.0 Å². The molecule has 3 aromatic heterocycles. The molecule has 2 atom stereocenters. The summed E-state index contributed by atoms with van der Waals surface area (Å²) in [6, 6.07) is 7.43. The number of rotatable bonds is 6. The molecule has 9 nitrogen and oxygen atoms in total.